The third-order valence-corrected chi connectivity index (χ3v) is 7.39. The van der Waals surface area contributed by atoms with Gasteiger partial charge in [0.1, 0.15) is 0 Å². The Kier molecular flexibility index (Phi) is 8.48. The van der Waals surface area contributed by atoms with E-state index in [1.807, 2.05) is 0 Å². The molecule has 1 aromatic carbocycles. The number of hydrogen-bond acceptors (Lipinski definition) is 6. The summed E-state index contributed by atoms with van der Waals surface area (Å²) in [6.45, 7) is 2.88. The number of anilines is 1. The number of nitrogens with zero attached hydrogens (tertiary/aromatic N) is 5. The number of benzene rings is 1. The molecule has 1 amide bonds. The summed E-state index contributed by atoms with van der Waals surface area (Å²) in [6, 6.07) is 1.56. The lowest BCUT2D eigenvalue weighted by Crippen LogP contribution is -2.46. The van der Waals surface area contributed by atoms with Gasteiger partial charge in [0.15, 0.2) is 0 Å². The first-order chi connectivity index (χ1) is 18.3. The molecule has 7 nitrogen and oxygen atoms in total. The third kappa shape index (κ3) is 7.06. The molecule has 0 radical (unpaired) electrons. The third-order valence-electron chi connectivity index (χ3n) is 7.39. The number of likely N-dealkylation sites (tertiary alicyclic amines) is 2. The molecular weight excluding hydrogens is 526 g/mol. The monoisotopic (exact) mass is 556 g/mol. The summed E-state index contributed by atoms with van der Waals surface area (Å²) in [5.74, 6) is -0.229. The molecule has 39 heavy (non-hydrogen) atoms. The van der Waals surface area contributed by atoms with E-state index in [4.69, 9.17) is 5.73 Å². The molecule has 1 aromatic heterocycles. The molecule has 212 valence electrons. The van der Waals surface area contributed by atoms with Crippen molar-refractivity contribution < 1.29 is 31.1 Å². The van der Waals surface area contributed by atoms with Crippen molar-refractivity contribution in [2.45, 2.75) is 44.6 Å². The molecule has 2 N–H and O–H groups in total. The number of alkyl halides is 6. The molecule has 2 aliphatic rings. The van der Waals surface area contributed by atoms with E-state index < -0.39 is 23.5 Å². The van der Waals surface area contributed by atoms with Crippen LogP contribution >= 0.6 is 0 Å². The van der Waals surface area contributed by atoms with Crippen molar-refractivity contribution in [2.24, 2.45) is 16.8 Å². The van der Waals surface area contributed by atoms with Crippen LogP contribution in [0.15, 0.2) is 35.6 Å². The van der Waals surface area contributed by atoms with E-state index in [0.29, 0.717) is 45.3 Å². The van der Waals surface area contributed by atoms with Crippen molar-refractivity contribution in [1.82, 2.24) is 19.8 Å². The normalized spacial score (nSPS) is 18.9. The van der Waals surface area contributed by atoms with Crippen LogP contribution in [0.3, 0.4) is 0 Å². The van der Waals surface area contributed by atoms with Gasteiger partial charge in [-0.25, -0.2) is 9.97 Å². The van der Waals surface area contributed by atoms with Gasteiger partial charge in [-0.2, -0.15) is 26.3 Å². The Morgan fingerprint density at radius 1 is 0.897 bits per heavy atom. The van der Waals surface area contributed by atoms with Crippen LogP contribution in [-0.2, 0) is 23.7 Å². The minimum Gasteiger partial charge on any atom is -0.368 e. The number of amides is 1. The summed E-state index contributed by atoms with van der Waals surface area (Å²) >= 11 is 0. The number of nitrogen functional groups attached to an aromatic ring is 1. The molecule has 4 rings (SSSR count). The van der Waals surface area contributed by atoms with Crippen LogP contribution in [0.2, 0.25) is 0 Å². The first-order valence-corrected chi connectivity index (χ1v) is 12.7. The smallest absolute Gasteiger partial charge is 0.368 e. The van der Waals surface area contributed by atoms with E-state index in [2.05, 4.69) is 19.9 Å². The van der Waals surface area contributed by atoms with Crippen LogP contribution in [0.25, 0.3) is 0 Å². The Morgan fingerprint density at radius 3 is 1.90 bits per heavy atom. The molecule has 0 aliphatic carbocycles. The van der Waals surface area contributed by atoms with Crippen LogP contribution in [-0.4, -0.2) is 64.6 Å². The quantitative estimate of drug-likeness (QED) is 0.428. The van der Waals surface area contributed by atoms with E-state index in [0.717, 1.165) is 30.8 Å². The molecule has 2 fully saturated rings. The lowest BCUT2D eigenvalue weighted by molar-refractivity contribution is -0.143. The van der Waals surface area contributed by atoms with Crippen molar-refractivity contribution in [3.8, 4) is 0 Å². The highest BCUT2D eigenvalue weighted by Crippen LogP contribution is 2.37. The fourth-order valence-corrected chi connectivity index (χ4v) is 5.32. The van der Waals surface area contributed by atoms with Crippen LogP contribution in [0.5, 0.6) is 0 Å². The van der Waals surface area contributed by atoms with Gasteiger partial charge >= 0.3 is 12.4 Å². The van der Waals surface area contributed by atoms with E-state index in [1.165, 1.54) is 7.05 Å². The standard InChI is InChI=1S/C26H30F6N6O/c1-34-22(19-10-20(25(27,28)29)12-21(11-19)26(30,31)32)17-4-8-38(9-5-17)23(39)18-2-6-37(7-3-18)15-16-13-35-24(33)36-14-16/h10-14,17-18H,2-9,15H2,1H3,(H2,33,35,36). The van der Waals surface area contributed by atoms with Crippen molar-refractivity contribution >= 4 is 17.6 Å². The van der Waals surface area contributed by atoms with E-state index in [-0.39, 0.29) is 41.0 Å². The average molecular weight is 557 g/mol. The summed E-state index contributed by atoms with van der Waals surface area (Å²) in [6.07, 6.45) is -4.28. The second kappa shape index (κ2) is 11.5. The van der Waals surface area contributed by atoms with Gasteiger partial charge in [-0.3, -0.25) is 14.7 Å². The molecule has 3 heterocycles. The number of halogens is 6. The summed E-state index contributed by atoms with van der Waals surface area (Å²) < 4.78 is 80.1. The van der Waals surface area contributed by atoms with Gasteiger partial charge in [0, 0.05) is 62.2 Å². The number of rotatable bonds is 5. The fourth-order valence-electron chi connectivity index (χ4n) is 5.32. The summed E-state index contributed by atoms with van der Waals surface area (Å²) in [4.78, 5) is 29.2. The van der Waals surface area contributed by atoms with E-state index in [9.17, 15) is 31.1 Å². The van der Waals surface area contributed by atoms with Gasteiger partial charge in [0.25, 0.3) is 0 Å². The molecule has 2 aliphatic heterocycles. The second-order valence-electron chi connectivity index (χ2n) is 10.0. The number of hydrogen-bond donors (Lipinski definition) is 1. The zero-order chi connectivity index (χ0) is 28.4. The molecule has 0 bridgehead atoms. The van der Waals surface area contributed by atoms with E-state index >= 15 is 0 Å². The van der Waals surface area contributed by atoms with Crippen LogP contribution in [0, 0.1) is 11.8 Å². The molecule has 0 atom stereocenters. The zero-order valence-electron chi connectivity index (χ0n) is 21.4. The summed E-state index contributed by atoms with van der Waals surface area (Å²) in [5.41, 5.74) is 3.73. The highest BCUT2D eigenvalue weighted by atomic mass is 19.4. The zero-order valence-corrected chi connectivity index (χ0v) is 21.4. The van der Waals surface area contributed by atoms with Crippen molar-refractivity contribution in [1.29, 1.82) is 0 Å². The van der Waals surface area contributed by atoms with Gasteiger partial charge in [-0.1, -0.05) is 0 Å². The molecular formula is C26H30F6N6O. The lowest BCUT2D eigenvalue weighted by Gasteiger charge is -2.37. The minimum absolute atomic E-state index is 0.0392. The molecule has 2 aromatic rings. The van der Waals surface area contributed by atoms with Crippen LogP contribution in [0.4, 0.5) is 32.3 Å². The Balaban J connectivity index is 1.35. The Morgan fingerprint density at radius 2 is 1.41 bits per heavy atom. The van der Waals surface area contributed by atoms with Crippen molar-refractivity contribution in [2.75, 3.05) is 39.0 Å². The largest absolute Gasteiger partial charge is 0.416 e. The van der Waals surface area contributed by atoms with Gasteiger partial charge in [-0.05, 0) is 62.5 Å². The number of carbonyl (C=O) groups is 1. The minimum atomic E-state index is -4.93. The molecule has 13 heteroatoms. The maximum atomic E-state index is 13.3. The number of carbonyl (C=O) groups excluding carboxylic acids is 1. The fraction of sp³-hybridized carbons (Fsp3) is 0.538. The maximum absolute atomic E-state index is 13.3. The topological polar surface area (TPSA) is 87.7 Å². The maximum Gasteiger partial charge on any atom is 0.416 e. The van der Waals surface area contributed by atoms with Crippen molar-refractivity contribution in [3.05, 3.63) is 52.8 Å². The highest BCUT2D eigenvalue weighted by Gasteiger charge is 2.38. The number of aromatic nitrogens is 2. The average Bonchev–Trinajstić information content (AvgIpc) is 2.90. The number of aliphatic imine (C=N–C) groups is 1. The first-order valence-electron chi connectivity index (χ1n) is 12.7. The predicted octanol–water partition coefficient (Wildman–Crippen LogP) is 4.67. The van der Waals surface area contributed by atoms with Crippen LogP contribution in [0.1, 0.15) is 47.9 Å². The first kappa shape index (κ1) is 28.8. The van der Waals surface area contributed by atoms with Gasteiger partial charge < -0.3 is 10.6 Å². The highest BCUT2D eigenvalue weighted by molar-refractivity contribution is 6.02. The lowest BCUT2D eigenvalue weighted by atomic mass is 9.86. The Hall–Kier alpha value is -3.22. The van der Waals surface area contributed by atoms with Crippen LogP contribution < -0.4 is 5.73 Å². The summed E-state index contributed by atoms with van der Waals surface area (Å²) in [5, 5.41) is 0. The Labute approximate surface area is 222 Å². The van der Waals surface area contributed by atoms with Gasteiger partial charge in [-0.15, -0.1) is 0 Å². The molecule has 0 unspecified atom stereocenters. The molecule has 0 saturated carbocycles. The van der Waals surface area contributed by atoms with Gasteiger partial charge in [0.05, 0.1) is 11.1 Å². The molecule has 0 spiro atoms. The number of nitrogens with two attached hydrogens (primary N) is 1. The number of piperidine rings is 2. The SMILES string of the molecule is CN=C(c1cc(C(F)(F)F)cc(C(F)(F)F)c1)C1CCN(C(=O)C2CCN(Cc3cnc(N)nc3)CC2)CC1. The predicted molar refractivity (Wildman–Crippen MR) is 133 cm³/mol. The van der Waals surface area contributed by atoms with Crippen molar-refractivity contribution in [3.63, 3.8) is 0 Å². The van der Waals surface area contributed by atoms with E-state index in [1.54, 1.807) is 17.3 Å². The summed E-state index contributed by atoms with van der Waals surface area (Å²) in [7, 11) is 1.37. The second-order valence-corrected chi connectivity index (χ2v) is 10.0. The molecule has 2 saturated heterocycles. The van der Waals surface area contributed by atoms with Gasteiger partial charge in [0.2, 0.25) is 11.9 Å². The Bertz CT molecular complexity index is 1150.